The van der Waals surface area contributed by atoms with Crippen LogP contribution in [0.1, 0.15) is 35.4 Å². The second-order valence-electron chi connectivity index (χ2n) is 6.98. The Hall–Kier alpha value is -3.29. The van der Waals surface area contributed by atoms with E-state index >= 15 is 0 Å². The van der Waals surface area contributed by atoms with E-state index in [4.69, 9.17) is 13.9 Å². The van der Waals surface area contributed by atoms with Gasteiger partial charge in [-0.2, -0.15) is 0 Å². The molecule has 0 unspecified atom stereocenters. The molecule has 1 N–H and O–H groups in total. The van der Waals surface area contributed by atoms with Crippen LogP contribution < -0.4 is 19.7 Å². The molecule has 29 heavy (non-hydrogen) atoms. The second kappa shape index (κ2) is 7.98. The van der Waals surface area contributed by atoms with Crippen LogP contribution >= 0.6 is 0 Å². The summed E-state index contributed by atoms with van der Waals surface area (Å²) in [5, 5.41) is 3.58. The molecule has 0 spiro atoms. The third-order valence-electron chi connectivity index (χ3n) is 5.17. The average Bonchev–Trinajstić information content (AvgIpc) is 3.10. The Bertz CT molecular complexity index is 1040. The van der Waals surface area contributed by atoms with Gasteiger partial charge in [0.2, 0.25) is 5.71 Å². The highest BCUT2D eigenvalue weighted by Gasteiger charge is 2.26. The van der Waals surface area contributed by atoms with Crippen molar-refractivity contribution in [2.75, 3.05) is 37.5 Å². The maximum Gasteiger partial charge on any atom is 0.260 e. The van der Waals surface area contributed by atoms with Crippen molar-refractivity contribution in [3.63, 3.8) is 0 Å². The monoisotopic (exact) mass is 396 g/mol. The lowest BCUT2D eigenvalue weighted by molar-refractivity contribution is 0.102. The number of aryl methyl sites for hydroxylation is 1. The minimum Gasteiger partial charge on any atom is -0.493 e. The standard InChI is InChI=1S/C21H24N4O4/c1-13-17(20(26)24-14-7-8-15(27-2)16(11-14)28-3)18-19(22-12-23-21(18)29-13)25-9-5-4-6-10-25/h7-8,11-12H,4-6,9-10H2,1-3H3,(H,24,26). The van der Waals surface area contributed by atoms with Gasteiger partial charge in [-0.3, -0.25) is 4.79 Å². The van der Waals surface area contributed by atoms with Crippen LogP contribution in [0.2, 0.25) is 0 Å². The smallest absolute Gasteiger partial charge is 0.260 e. The summed E-state index contributed by atoms with van der Waals surface area (Å²) in [4.78, 5) is 24.1. The van der Waals surface area contributed by atoms with Crippen molar-refractivity contribution in [2.45, 2.75) is 26.2 Å². The minimum atomic E-state index is -0.276. The molecule has 0 bridgehead atoms. The molecule has 1 amide bonds. The van der Waals surface area contributed by atoms with Crippen LogP contribution in [0, 0.1) is 6.92 Å². The summed E-state index contributed by atoms with van der Waals surface area (Å²) < 4.78 is 16.4. The van der Waals surface area contributed by atoms with E-state index in [1.165, 1.54) is 12.7 Å². The molecule has 1 aliphatic rings. The van der Waals surface area contributed by atoms with Gasteiger partial charge in [-0.15, -0.1) is 0 Å². The molecule has 1 aromatic carbocycles. The van der Waals surface area contributed by atoms with Gasteiger partial charge < -0.3 is 24.1 Å². The largest absolute Gasteiger partial charge is 0.493 e. The predicted molar refractivity (Wildman–Crippen MR) is 110 cm³/mol. The van der Waals surface area contributed by atoms with Crippen LogP contribution in [-0.4, -0.2) is 43.2 Å². The van der Waals surface area contributed by atoms with Crippen molar-refractivity contribution in [2.24, 2.45) is 0 Å². The molecule has 0 aliphatic carbocycles. The van der Waals surface area contributed by atoms with Crippen molar-refractivity contribution in [3.8, 4) is 11.5 Å². The van der Waals surface area contributed by atoms with Crippen molar-refractivity contribution < 1.29 is 18.7 Å². The highest BCUT2D eigenvalue weighted by molar-refractivity contribution is 6.15. The lowest BCUT2D eigenvalue weighted by Gasteiger charge is -2.28. The first-order valence-corrected chi connectivity index (χ1v) is 9.64. The second-order valence-corrected chi connectivity index (χ2v) is 6.98. The first-order chi connectivity index (χ1) is 14.1. The zero-order valence-corrected chi connectivity index (χ0v) is 16.8. The van der Waals surface area contributed by atoms with E-state index in [0.717, 1.165) is 31.7 Å². The van der Waals surface area contributed by atoms with Gasteiger partial charge in [-0.25, -0.2) is 9.97 Å². The lowest BCUT2D eigenvalue weighted by Crippen LogP contribution is -2.30. The zero-order valence-electron chi connectivity index (χ0n) is 16.8. The Labute approximate surface area is 168 Å². The first kappa shape index (κ1) is 19.0. The third-order valence-corrected chi connectivity index (χ3v) is 5.17. The van der Waals surface area contributed by atoms with Crippen LogP contribution in [0.25, 0.3) is 11.1 Å². The SMILES string of the molecule is COc1ccc(NC(=O)c2c(C)oc3ncnc(N4CCCCC4)c23)cc1OC. The number of hydrogen-bond acceptors (Lipinski definition) is 7. The van der Waals surface area contributed by atoms with Gasteiger partial charge in [0.05, 0.1) is 25.2 Å². The van der Waals surface area contributed by atoms with Gasteiger partial charge >= 0.3 is 0 Å². The molecule has 2 aromatic heterocycles. The van der Waals surface area contributed by atoms with Gasteiger partial charge in [0.1, 0.15) is 17.9 Å². The van der Waals surface area contributed by atoms with Crippen LogP contribution in [0.4, 0.5) is 11.5 Å². The fraction of sp³-hybridized carbons (Fsp3) is 0.381. The zero-order chi connectivity index (χ0) is 20.4. The number of benzene rings is 1. The number of anilines is 2. The summed E-state index contributed by atoms with van der Waals surface area (Å²) in [5.41, 5.74) is 1.48. The molecular formula is C21H24N4O4. The van der Waals surface area contributed by atoms with E-state index in [2.05, 4.69) is 20.2 Å². The summed E-state index contributed by atoms with van der Waals surface area (Å²) >= 11 is 0. The quantitative estimate of drug-likeness (QED) is 0.702. The number of aromatic nitrogens is 2. The summed E-state index contributed by atoms with van der Waals surface area (Å²) in [6, 6.07) is 5.23. The molecule has 3 aromatic rings. The molecule has 152 valence electrons. The summed E-state index contributed by atoms with van der Waals surface area (Å²) in [7, 11) is 3.12. The number of methoxy groups -OCH3 is 2. The highest BCUT2D eigenvalue weighted by Crippen LogP contribution is 2.34. The van der Waals surface area contributed by atoms with Crippen molar-refractivity contribution >= 4 is 28.5 Å². The first-order valence-electron chi connectivity index (χ1n) is 9.64. The Balaban J connectivity index is 1.71. The van der Waals surface area contributed by atoms with Crippen molar-refractivity contribution in [3.05, 3.63) is 35.9 Å². The van der Waals surface area contributed by atoms with Crippen molar-refractivity contribution in [1.29, 1.82) is 0 Å². The van der Waals surface area contributed by atoms with Crippen molar-refractivity contribution in [1.82, 2.24) is 9.97 Å². The Morgan fingerprint density at radius 3 is 2.59 bits per heavy atom. The van der Waals surface area contributed by atoms with Crippen LogP contribution in [0.5, 0.6) is 11.5 Å². The molecule has 3 heterocycles. The Kier molecular flexibility index (Phi) is 5.24. The molecule has 1 saturated heterocycles. The van der Waals surface area contributed by atoms with Crippen LogP contribution in [0.3, 0.4) is 0 Å². The van der Waals surface area contributed by atoms with E-state index in [-0.39, 0.29) is 5.91 Å². The van der Waals surface area contributed by atoms with Gasteiger partial charge in [0.25, 0.3) is 5.91 Å². The third kappa shape index (κ3) is 3.57. The number of carbonyl (C=O) groups is 1. The normalized spacial score (nSPS) is 14.1. The number of furan rings is 1. The van der Waals surface area contributed by atoms with E-state index in [1.54, 1.807) is 39.3 Å². The van der Waals surface area contributed by atoms with Gasteiger partial charge in [-0.05, 0) is 38.3 Å². The van der Waals surface area contributed by atoms with Gasteiger partial charge in [0, 0.05) is 24.8 Å². The average molecular weight is 396 g/mol. The number of ether oxygens (including phenoxy) is 2. The van der Waals surface area contributed by atoms with Gasteiger partial charge in [0.15, 0.2) is 11.5 Å². The number of piperidine rings is 1. The minimum absolute atomic E-state index is 0.276. The molecule has 4 rings (SSSR count). The number of fused-ring (bicyclic) bond motifs is 1. The van der Waals surface area contributed by atoms with E-state index < -0.39 is 0 Å². The molecule has 8 heteroatoms. The summed E-state index contributed by atoms with van der Waals surface area (Å²) in [5.74, 6) is 2.12. The molecule has 0 radical (unpaired) electrons. The van der Waals surface area contributed by atoms with Crippen LogP contribution in [0.15, 0.2) is 28.9 Å². The molecule has 1 aliphatic heterocycles. The summed E-state index contributed by atoms with van der Waals surface area (Å²) in [6.45, 7) is 3.59. The highest BCUT2D eigenvalue weighted by atomic mass is 16.5. The molecule has 0 atom stereocenters. The maximum atomic E-state index is 13.2. The topological polar surface area (TPSA) is 89.7 Å². The predicted octanol–water partition coefficient (Wildman–Crippen LogP) is 3.79. The lowest BCUT2D eigenvalue weighted by atomic mass is 10.1. The van der Waals surface area contributed by atoms with E-state index in [9.17, 15) is 4.79 Å². The molecular weight excluding hydrogens is 372 g/mol. The molecule has 1 fully saturated rings. The number of rotatable bonds is 5. The summed E-state index contributed by atoms with van der Waals surface area (Å²) in [6.07, 6.45) is 4.91. The number of hydrogen-bond donors (Lipinski definition) is 1. The van der Waals surface area contributed by atoms with E-state index in [1.807, 2.05) is 0 Å². The fourth-order valence-corrected chi connectivity index (χ4v) is 3.76. The number of amides is 1. The number of carbonyl (C=O) groups excluding carboxylic acids is 1. The number of nitrogens with zero attached hydrogens (tertiary/aromatic N) is 3. The van der Waals surface area contributed by atoms with E-state index in [0.29, 0.717) is 39.6 Å². The Morgan fingerprint density at radius 1 is 1.10 bits per heavy atom. The molecule has 8 nitrogen and oxygen atoms in total. The maximum absolute atomic E-state index is 13.2. The number of nitrogens with one attached hydrogen (secondary N) is 1. The van der Waals surface area contributed by atoms with Crippen LogP contribution in [-0.2, 0) is 0 Å². The van der Waals surface area contributed by atoms with Gasteiger partial charge in [-0.1, -0.05) is 0 Å². The Morgan fingerprint density at radius 2 is 1.86 bits per heavy atom. The molecule has 0 saturated carbocycles. The fourth-order valence-electron chi connectivity index (χ4n) is 3.76.